The summed E-state index contributed by atoms with van der Waals surface area (Å²) in [6.45, 7) is 2.84. The minimum absolute atomic E-state index is 0.209. The van der Waals surface area contributed by atoms with E-state index in [2.05, 4.69) is 22.2 Å². The molecule has 1 saturated heterocycles. The summed E-state index contributed by atoms with van der Waals surface area (Å²) in [4.78, 5) is 28.9. The third-order valence-corrected chi connectivity index (χ3v) is 4.55. The Morgan fingerprint density at radius 3 is 2.16 bits per heavy atom. The fourth-order valence-corrected chi connectivity index (χ4v) is 3.23. The average Bonchev–Trinajstić information content (AvgIpc) is 2.66. The Bertz CT molecular complexity index is 893. The van der Waals surface area contributed by atoms with Gasteiger partial charge in [-0.3, -0.25) is 13.9 Å². The molecular weight excluding hydrogens is 322 g/mol. The number of para-hydroxylation sites is 1. The van der Waals surface area contributed by atoms with Crippen LogP contribution in [0.4, 0.5) is 11.5 Å². The van der Waals surface area contributed by atoms with Crippen LogP contribution in [0.15, 0.2) is 45.1 Å². The van der Waals surface area contributed by atoms with Crippen molar-refractivity contribution in [2.45, 2.75) is 0 Å². The molecule has 1 N–H and O–H groups in total. The van der Waals surface area contributed by atoms with E-state index in [0.717, 1.165) is 29.6 Å². The van der Waals surface area contributed by atoms with Crippen molar-refractivity contribution in [3.8, 4) is 0 Å². The van der Waals surface area contributed by atoms with Gasteiger partial charge in [-0.25, -0.2) is 4.79 Å². The molecule has 1 aromatic carbocycles. The molecule has 132 valence electrons. The number of piperazine rings is 1. The van der Waals surface area contributed by atoms with Crippen molar-refractivity contribution in [3.05, 3.63) is 56.7 Å². The van der Waals surface area contributed by atoms with E-state index in [0.29, 0.717) is 18.9 Å². The number of anilines is 2. The molecular formula is C17H21N5O3. The van der Waals surface area contributed by atoms with Crippen LogP contribution in [0, 0.1) is 0 Å². The molecule has 0 radical (unpaired) electrons. The molecule has 0 amide bonds. The highest BCUT2D eigenvalue weighted by Crippen LogP contribution is 2.20. The van der Waals surface area contributed by atoms with Gasteiger partial charge in [0.2, 0.25) is 0 Å². The molecule has 0 unspecified atom stereocenters. The van der Waals surface area contributed by atoms with Crippen molar-refractivity contribution in [1.82, 2.24) is 9.13 Å². The van der Waals surface area contributed by atoms with Crippen LogP contribution in [0.3, 0.4) is 0 Å². The molecule has 8 heteroatoms. The van der Waals surface area contributed by atoms with E-state index in [4.69, 9.17) is 5.21 Å². The van der Waals surface area contributed by atoms with Gasteiger partial charge >= 0.3 is 5.69 Å². The highest BCUT2D eigenvalue weighted by atomic mass is 16.4. The molecule has 0 spiro atoms. The van der Waals surface area contributed by atoms with Crippen LogP contribution in [-0.2, 0) is 14.1 Å². The first-order valence-electron chi connectivity index (χ1n) is 8.07. The molecule has 2 heterocycles. The Balaban J connectivity index is 1.94. The first-order valence-corrected chi connectivity index (χ1v) is 8.07. The number of rotatable bonds is 3. The highest BCUT2D eigenvalue weighted by Gasteiger charge is 2.24. The van der Waals surface area contributed by atoms with E-state index in [1.165, 1.54) is 11.6 Å². The van der Waals surface area contributed by atoms with E-state index in [1.54, 1.807) is 7.05 Å². The van der Waals surface area contributed by atoms with Crippen LogP contribution in [0.25, 0.3) is 0 Å². The van der Waals surface area contributed by atoms with Crippen LogP contribution >= 0.6 is 0 Å². The van der Waals surface area contributed by atoms with Crippen molar-refractivity contribution in [1.29, 1.82) is 0 Å². The number of nitrogens with zero attached hydrogens (tertiary/aromatic N) is 5. The lowest BCUT2D eigenvalue weighted by atomic mass is 10.2. The van der Waals surface area contributed by atoms with Gasteiger partial charge in [-0.15, -0.1) is 0 Å². The maximum absolute atomic E-state index is 12.4. The number of hydrogen-bond acceptors (Lipinski definition) is 6. The Hall–Kier alpha value is -3.03. The molecule has 0 aliphatic carbocycles. The minimum Gasteiger partial charge on any atom is -0.411 e. The van der Waals surface area contributed by atoms with Crippen LogP contribution in [0.1, 0.15) is 5.56 Å². The van der Waals surface area contributed by atoms with Gasteiger partial charge in [0.1, 0.15) is 11.4 Å². The summed E-state index contributed by atoms with van der Waals surface area (Å²) in [5, 5.41) is 11.9. The zero-order valence-electron chi connectivity index (χ0n) is 14.3. The molecule has 1 aliphatic rings. The molecule has 25 heavy (non-hydrogen) atoms. The molecule has 0 saturated carbocycles. The summed E-state index contributed by atoms with van der Waals surface area (Å²) in [6, 6.07) is 10.1. The quantitative estimate of drug-likeness (QED) is 0.490. The maximum Gasteiger partial charge on any atom is 0.332 e. The molecule has 1 aliphatic heterocycles. The number of aromatic nitrogens is 2. The number of hydrogen-bond donors (Lipinski definition) is 1. The largest absolute Gasteiger partial charge is 0.411 e. The molecule has 2 aromatic rings. The van der Waals surface area contributed by atoms with Gasteiger partial charge < -0.3 is 15.0 Å². The lowest BCUT2D eigenvalue weighted by Crippen LogP contribution is -2.50. The highest BCUT2D eigenvalue weighted by molar-refractivity contribution is 5.86. The second kappa shape index (κ2) is 6.84. The van der Waals surface area contributed by atoms with Gasteiger partial charge in [-0.2, -0.15) is 0 Å². The van der Waals surface area contributed by atoms with E-state index >= 15 is 0 Å². The molecule has 1 aromatic heterocycles. The van der Waals surface area contributed by atoms with Crippen LogP contribution < -0.4 is 21.0 Å². The minimum atomic E-state index is -0.471. The molecule has 0 bridgehead atoms. The fourth-order valence-electron chi connectivity index (χ4n) is 3.23. The predicted molar refractivity (Wildman–Crippen MR) is 97.2 cm³/mol. The molecule has 0 atom stereocenters. The molecule has 3 rings (SSSR count). The normalized spacial score (nSPS) is 15.1. The van der Waals surface area contributed by atoms with Gasteiger partial charge in [0.15, 0.2) is 0 Å². The lowest BCUT2D eigenvalue weighted by Gasteiger charge is -2.38. The fraction of sp³-hybridized carbons (Fsp3) is 0.353. The Labute approximate surface area is 144 Å². The summed E-state index contributed by atoms with van der Waals surface area (Å²) in [5.74, 6) is 0.485. The summed E-state index contributed by atoms with van der Waals surface area (Å²) < 4.78 is 2.44. The van der Waals surface area contributed by atoms with Gasteiger partial charge in [-0.05, 0) is 12.1 Å². The Kier molecular flexibility index (Phi) is 4.60. The van der Waals surface area contributed by atoms with Crippen LogP contribution in [0.5, 0.6) is 0 Å². The van der Waals surface area contributed by atoms with E-state index in [1.807, 2.05) is 23.1 Å². The average molecular weight is 343 g/mol. The summed E-state index contributed by atoms with van der Waals surface area (Å²) in [5.41, 5.74) is 0.486. The maximum atomic E-state index is 12.4. The van der Waals surface area contributed by atoms with Gasteiger partial charge in [0.25, 0.3) is 5.56 Å². The van der Waals surface area contributed by atoms with Crippen molar-refractivity contribution < 1.29 is 5.21 Å². The number of benzene rings is 1. The zero-order chi connectivity index (χ0) is 18.0. The second-order valence-corrected chi connectivity index (χ2v) is 6.00. The summed E-state index contributed by atoms with van der Waals surface area (Å²) in [7, 11) is 3.03. The number of oxime groups is 1. The van der Waals surface area contributed by atoms with Gasteiger partial charge in [0.05, 0.1) is 6.21 Å². The summed E-state index contributed by atoms with van der Waals surface area (Å²) >= 11 is 0. The standard InChI is InChI=1S/C17H21N5O3/c1-19-15(14(12-18-25)16(23)20(2)17(19)24)22-10-8-21(9-11-22)13-6-4-3-5-7-13/h3-7,12,25H,8-11H2,1-2H3/b18-12+. The van der Waals surface area contributed by atoms with E-state index < -0.39 is 11.2 Å². The van der Waals surface area contributed by atoms with Crippen molar-refractivity contribution in [2.75, 3.05) is 36.0 Å². The summed E-state index contributed by atoms with van der Waals surface area (Å²) in [6.07, 6.45) is 1.10. The molecule has 1 fully saturated rings. The first-order chi connectivity index (χ1) is 12.0. The van der Waals surface area contributed by atoms with Gasteiger partial charge in [-0.1, -0.05) is 23.4 Å². The van der Waals surface area contributed by atoms with Crippen LogP contribution in [-0.4, -0.2) is 46.7 Å². The molecule has 8 nitrogen and oxygen atoms in total. The third kappa shape index (κ3) is 3.02. The van der Waals surface area contributed by atoms with Crippen molar-refractivity contribution in [3.63, 3.8) is 0 Å². The van der Waals surface area contributed by atoms with Crippen molar-refractivity contribution in [2.24, 2.45) is 19.3 Å². The third-order valence-electron chi connectivity index (χ3n) is 4.55. The zero-order valence-corrected chi connectivity index (χ0v) is 14.3. The second-order valence-electron chi connectivity index (χ2n) is 6.00. The van der Waals surface area contributed by atoms with Crippen molar-refractivity contribution >= 4 is 17.7 Å². The Morgan fingerprint density at radius 1 is 0.960 bits per heavy atom. The lowest BCUT2D eigenvalue weighted by molar-refractivity contribution is 0.321. The first kappa shape index (κ1) is 16.8. The van der Waals surface area contributed by atoms with E-state index in [-0.39, 0.29) is 5.56 Å². The topological polar surface area (TPSA) is 83.1 Å². The predicted octanol–water partition coefficient (Wildman–Crippen LogP) is 0.219. The Morgan fingerprint density at radius 2 is 1.56 bits per heavy atom. The SMILES string of the molecule is Cn1c(N2CCN(c3ccccc3)CC2)c(/C=N/O)c(=O)n(C)c1=O. The smallest absolute Gasteiger partial charge is 0.332 e. The van der Waals surface area contributed by atoms with E-state index in [9.17, 15) is 9.59 Å². The monoisotopic (exact) mass is 343 g/mol. The van der Waals surface area contributed by atoms with Crippen LogP contribution in [0.2, 0.25) is 0 Å². The van der Waals surface area contributed by atoms with Gasteiger partial charge in [0, 0.05) is 46.0 Å².